The number of rotatable bonds is 3. The molecule has 2 heterocycles. The zero-order chi connectivity index (χ0) is 18.7. The van der Waals surface area contributed by atoms with Crippen LogP contribution in [0.25, 0.3) is 0 Å². The third-order valence-corrected chi connectivity index (χ3v) is 5.54. The molecule has 0 radical (unpaired) electrons. The van der Waals surface area contributed by atoms with Crippen LogP contribution in [0.2, 0.25) is 0 Å². The van der Waals surface area contributed by atoms with E-state index in [0.29, 0.717) is 11.5 Å². The SMILES string of the molecule is COc1ccc([C@H]2[C@@]3(C#N)[C@@]4(N=C(N)[C@@]23C#N)OC[C@H](C)O4)cc1OC. The first kappa shape index (κ1) is 16.6. The van der Waals surface area contributed by atoms with E-state index in [0.717, 1.165) is 5.56 Å². The van der Waals surface area contributed by atoms with Gasteiger partial charge in [-0.05, 0) is 24.6 Å². The molecule has 134 valence electrons. The van der Waals surface area contributed by atoms with Gasteiger partial charge in [-0.1, -0.05) is 6.07 Å². The predicted molar refractivity (Wildman–Crippen MR) is 89.2 cm³/mol. The summed E-state index contributed by atoms with van der Waals surface area (Å²) in [6.07, 6.45) is -0.252. The Morgan fingerprint density at radius 1 is 1.23 bits per heavy atom. The first-order valence-electron chi connectivity index (χ1n) is 8.18. The molecule has 26 heavy (non-hydrogen) atoms. The number of methoxy groups -OCH3 is 2. The van der Waals surface area contributed by atoms with E-state index in [2.05, 4.69) is 17.1 Å². The van der Waals surface area contributed by atoms with Gasteiger partial charge in [0.1, 0.15) is 11.3 Å². The monoisotopic (exact) mass is 354 g/mol. The van der Waals surface area contributed by atoms with Gasteiger partial charge in [0.2, 0.25) is 0 Å². The minimum Gasteiger partial charge on any atom is -0.493 e. The zero-order valence-corrected chi connectivity index (χ0v) is 14.6. The zero-order valence-electron chi connectivity index (χ0n) is 14.6. The lowest BCUT2D eigenvalue weighted by atomic mass is 9.94. The summed E-state index contributed by atoms with van der Waals surface area (Å²) in [6, 6.07) is 9.77. The average molecular weight is 354 g/mol. The van der Waals surface area contributed by atoms with E-state index in [9.17, 15) is 10.5 Å². The summed E-state index contributed by atoms with van der Waals surface area (Å²) in [5.41, 5.74) is 4.21. The molecule has 0 bridgehead atoms. The fourth-order valence-electron chi connectivity index (χ4n) is 4.39. The van der Waals surface area contributed by atoms with Crippen molar-refractivity contribution in [2.45, 2.75) is 24.9 Å². The predicted octanol–water partition coefficient (Wildman–Crippen LogP) is 1.28. The molecule has 2 aliphatic heterocycles. The second kappa shape index (κ2) is 5.10. The van der Waals surface area contributed by atoms with Crippen LogP contribution in [-0.2, 0) is 9.47 Å². The summed E-state index contributed by atoms with van der Waals surface area (Å²) in [7, 11) is 3.07. The van der Waals surface area contributed by atoms with Gasteiger partial charge in [0.05, 0.1) is 39.1 Å². The van der Waals surface area contributed by atoms with Crippen LogP contribution in [0.3, 0.4) is 0 Å². The molecule has 1 saturated heterocycles. The molecule has 4 rings (SSSR count). The molecule has 1 aliphatic carbocycles. The number of nitrogens with zero attached hydrogens (tertiary/aromatic N) is 3. The lowest BCUT2D eigenvalue weighted by Crippen LogP contribution is -2.39. The van der Waals surface area contributed by atoms with Crippen molar-refractivity contribution >= 4 is 5.84 Å². The summed E-state index contributed by atoms with van der Waals surface area (Å²) >= 11 is 0. The van der Waals surface area contributed by atoms with Gasteiger partial charge < -0.3 is 24.7 Å². The fourth-order valence-corrected chi connectivity index (χ4v) is 4.39. The van der Waals surface area contributed by atoms with Crippen molar-refractivity contribution in [3.63, 3.8) is 0 Å². The average Bonchev–Trinajstić information content (AvgIpc) is 3.05. The molecule has 1 saturated carbocycles. The molecule has 1 spiro atoms. The molecule has 0 amide bonds. The molecule has 1 aromatic carbocycles. The smallest absolute Gasteiger partial charge is 0.293 e. The molecule has 0 unspecified atom stereocenters. The fraction of sp³-hybridized carbons (Fsp3) is 0.500. The number of ether oxygens (including phenoxy) is 4. The highest BCUT2D eigenvalue weighted by Crippen LogP contribution is 2.82. The highest BCUT2D eigenvalue weighted by Gasteiger charge is 2.94. The van der Waals surface area contributed by atoms with E-state index in [4.69, 9.17) is 24.7 Å². The first-order chi connectivity index (χ1) is 12.5. The number of hydrogen-bond acceptors (Lipinski definition) is 8. The molecule has 3 aliphatic rings. The Labute approximate surface area is 150 Å². The van der Waals surface area contributed by atoms with E-state index in [1.54, 1.807) is 18.2 Å². The largest absolute Gasteiger partial charge is 0.493 e. The van der Waals surface area contributed by atoms with Crippen molar-refractivity contribution in [2.24, 2.45) is 21.6 Å². The Kier molecular flexibility index (Phi) is 3.27. The normalized spacial score (nSPS) is 39.7. The first-order valence-corrected chi connectivity index (χ1v) is 8.18. The molecular formula is C18H18N4O4. The van der Waals surface area contributed by atoms with E-state index in [1.807, 2.05) is 6.92 Å². The molecule has 2 fully saturated rings. The lowest BCUT2D eigenvalue weighted by Gasteiger charge is -2.26. The summed E-state index contributed by atoms with van der Waals surface area (Å²) in [5, 5.41) is 20.1. The number of nitrogens with two attached hydrogens (primary N) is 1. The van der Waals surface area contributed by atoms with E-state index in [1.165, 1.54) is 14.2 Å². The van der Waals surface area contributed by atoms with Crippen LogP contribution in [0.15, 0.2) is 23.2 Å². The number of aliphatic imine (C=N–C) groups is 1. The molecule has 1 aromatic rings. The minimum absolute atomic E-state index is 0.0652. The van der Waals surface area contributed by atoms with Crippen molar-refractivity contribution in [1.82, 2.24) is 0 Å². The molecule has 8 nitrogen and oxygen atoms in total. The lowest BCUT2D eigenvalue weighted by molar-refractivity contribution is -0.193. The van der Waals surface area contributed by atoms with Gasteiger partial charge in [0, 0.05) is 5.92 Å². The molecule has 5 atom stereocenters. The van der Waals surface area contributed by atoms with Gasteiger partial charge in [-0.2, -0.15) is 10.5 Å². The Hall–Kier alpha value is -2.81. The molecule has 2 N–H and O–H groups in total. The highest BCUT2D eigenvalue weighted by molar-refractivity contribution is 6.00. The van der Waals surface area contributed by atoms with Gasteiger partial charge in [-0.15, -0.1) is 0 Å². The second-order valence-corrected chi connectivity index (χ2v) is 6.71. The summed E-state index contributed by atoms with van der Waals surface area (Å²) in [6.45, 7) is 2.10. The van der Waals surface area contributed by atoms with E-state index in [-0.39, 0.29) is 18.5 Å². The Bertz CT molecular complexity index is 903. The minimum atomic E-state index is -1.56. The summed E-state index contributed by atoms with van der Waals surface area (Å²) in [5.74, 6) is -0.985. The molecule has 8 heteroatoms. The van der Waals surface area contributed by atoms with Gasteiger partial charge in [0.25, 0.3) is 5.91 Å². The van der Waals surface area contributed by atoms with Crippen molar-refractivity contribution in [1.29, 1.82) is 10.5 Å². The van der Waals surface area contributed by atoms with Gasteiger partial charge >= 0.3 is 0 Å². The second-order valence-electron chi connectivity index (χ2n) is 6.71. The number of nitriles is 2. The molecule has 0 aromatic heterocycles. The van der Waals surface area contributed by atoms with Crippen molar-refractivity contribution < 1.29 is 18.9 Å². The number of benzene rings is 1. The third kappa shape index (κ3) is 1.57. The third-order valence-electron chi connectivity index (χ3n) is 5.54. The highest BCUT2D eigenvalue weighted by atomic mass is 16.8. The quantitative estimate of drug-likeness (QED) is 0.867. The summed E-state index contributed by atoms with van der Waals surface area (Å²) in [4.78, 5) is 4.29. The van der Waals surface area contributed by atoms with Crippen LogP contribution < -0.4 is 15.2 Å². The standard InChI is InChI=1S/C18H18N4O4/c1-10-7-25-18(26-10)17(9-20)14(16(17,8-19)15(21)22-18)11-4-5-12(23-2)13(6-11)24-3/h4-6,10,14H,7H2,1-3H3,(H2,21,22)/t10-,14+,16+,17+,18+/m0/s1. The van der Waals surface area contributed by atoms with E-state index >= 15 is 0 Å². The number of fused-ring (bicyclic) bond motifs is 2. The van der Waals surface area contributed by atoms with Crippen molar-refractivity contribution in [3.05, 3.63) is 23.8 Å². The Balaban J connectivity index is 1.88. The van der Waals surface area contributed by atoms with Crippen LogP contribution in [-0.4, -0.2) is 38.7 Å². The van der Waals surface area contributed by atoms with Crippen LogP contribution in [0.4, 0.5) is 0 Å². The maximum Gasteiger partial charge on any atom is 0.293 e. The Morgan fingerprint density at radius 3 is 2.50 bits per heavy atom. The molecular weight excluding hydrogens is 336 g/mol. The number of hydrogen-bond donors (Lipinski definition) is 1. The van der Waals surface area contributed by atoms with Crippen molar-refractivity contribution in [3.8, 4) is 23.6 Å². The van der Waals surface area contributed by atoms with Gasteiger partial charge in [-0.25, -0.2) is 4.99 Å². The van der Waals surface area contributed by atoms with Crippen LogP contribution in [0.1, 0.15) is 18.4 Å². The van der Waals surface area contributed by atoms with Gasteiger partial charge in [0.15, 0.2) is 16.9 Å². The van der Waals surface area contributed by atoms with Crippen LogP contribution in [0.5, 0.6) is 11.5 Å². The topological polar surface area (TPSA) is 123 Å². The summed E-state index contributed by atoms with van der Waals surface area (Å²) < 4.78 is 22.3. The van der Waals surface area contributed by atoms with Crippen LogP contribution in [0, 0.1) is 33.5 Å². The van der Waals surface area contributed by atoms with Gasteiger partial charge in [-0.3, -0.25) is 0 Å². The maximum atomic E-state index is 10.1. The Morgan fingerprint density at radius 2 is 1.96 bits per heavy atom. The van der Waals surface area contributed by atoms with E-state index < -0.39 is 22.7 Å². The van der Waals surface area contributed by atoms with Crippen molar-refractivity contribution in [2.75, 3.05) is 20.8 Å². The maximum absolute atomic E-state index is 10.1. The number of amidine groups is 1. The van der Waals surface area contributed by atoms with Crippen LogP contribution >= 0.6 is 0 Å².